The highest BCUT2D eigenvalue weighted by Gasteiger charge is 2.21. The third-order valence-corrected chi connectivity index (χ3v) is 4.06. The second kappa shape index (κ2) is 11.7. The van der Waals surface area contributed by atoms with E-state index in [1.807, 2.05) is 0 Å². The van der Waals surface area contributed by atoms with E-state index in [-0.39, 0.29) is 6.10 Å². The summed E-state index contributed by atoms with van der Waals surface area (Å²) in [5.74, 6) is 1.35. The van der Waals surface area contributed by atoms with Gasteiger partial charge in [0.05, 0.1) is 18.8 Å². The van der Waals surface area contributed by atoms with Crippen LogP contribution in [0.3, 0.4) is 0 Å². The van der Waals surface area contributed by atoms with Gasteiger partial charge in [-0.2, -0.15) is 0 Å². The molecule has 0 saturated carbocycles. The van der Waals surface area contributed by atoms with Crippen molar-refractivity contribution in [3.05, 3.63) is 0 Å². The molecular formula is C17H36O2. The molecule has 4 unspecified atom stereocenters. The van der Waals surface area contributed by atoms with E-state index in [0.29, 0.717) is 17.9 Å². The summed E-state index contributed by atoms with van der Waals surface area (Å²) < 4.78 is 12.1. The molecule has 0 bridgehead atoms. The van der Waals surface area contributed by atoms with Gasteiger partial charge in [-0.3, -0.25) is 0 Å². The molecule has 0 aliphatic heterocycles. The van der Waals surface area contributed by atoms with Gasteiger partial charge in [0, 0.05) is 6.61 Å². The molecule has 2 nitrogen and oxygen atoms in total. The van der Waals surface area contributed by atoms with Gasteiger partial charge in [-0.1, -0.05) is 54.4 Å². The Balaban J connectivity index is 4.35. The van der Waals surface area contributed by atoms with E-state index in [2.05, 4.69) is 41.5 Å². The number of hydrogen-bond acceptors (Lipinski definition) is 2. The zero-order valence-corrected chi connectivity index (χ0v) is 14.1. The molecule has 116 valence electrons. The molecule has 2 heteroatoms. The summed E-state index contributed by atoms with van der Waals surface area (Å²) in [6.07, 6.45) is 6.34. The second-order valence-corrected chi connectivity index (χ2v) is 5.91. The lowest BCUT2D eigenvalue weighted by Crippen LogP contribution is -2.31. The number of ether oxygens (including phenoxy) is 2. The standard InChI is InChI=1S/C17H36O2/c1-7-11-18-13-16(12-14(5)8-2)19-17(10-4)15(6)9-3/h14-17H,7-13H2,1-6H3. The molecule has 0 fully saturated rings. The highest BCUT2D eigenvalue weighted by atomic mass is 16.5. The van der Waals surface area contributed by atoms with Gasteiger partial charge in [-0.15, -0.1) is 0 Å². The Hall–Kier alpha value is -0.0800. The molecular weight excluding hydrogens is 236 g/mol. The van der Waals surface area contributed by atoms with Crippen molar-refractivity contribution in [2.45, 2.75) is 85.9 Å². The van der Waals surface area contributed by atoms with E-state index >= 15 is 0 Å². The van der Waals surface area contributed by atoms with Crippen molar-refractivity contribution < 1.29 is 9.47 Å². The molecule has 0 amide bonds. The van der Waals surface area contributed by atoms with Crippen molar-refractivity contribution >= 4 is 0 Å². The van der Waals surface area contributed by atoms with Crippen LogP contribution in [0.1, 0.15) is 73.6 Å². The molecule has 0 N–H and O–H groups in total. The van der Waals surface area contributed by atoms with Gasteiger partial charge in [-0.25, -0.2) is 0 Å². The topological polar surface area (TPSA) is 18.5 Å². The summed E-state index contributed by atoms with van der Waals surface area (Å²) in [5.41, 5.74) is 0. The first-order valence-corrected chi connectivity index (χ1v) is 8.31. The van der Waals surface area contributed by atoms with Crippen LogP contribution in [0.4, 0.5) is 0 Å². The third-order valence-electron chi connectivity index (χ3n) is 4.06. The van der Waals surface area contributed by atoms with Crippen molar-refractivity contribution in [1.82, 2.24) is 0 Å². The van der Waals surface area contributed by atoms with E-state index in [1.165, 1.54) is 12.8 Å². The fraction of sp³-hybridized carbons (Fsp3) is 1.00. The molecule has 0 aromatic carbocycles. The maximum Gasteiger partial charge on any atom is 0.0814 e. The summed E-state index contributed by atoms with van der Waals surface area (Å²) in [6, 6.07) is 0. The van der Waals surface area contributed by atoms with Gasteiger partial charge in [0.1, 0.15) is 0 Å². The minimum atomic E-state index is 0.264. The van der Waals surface area contributed by atoms with E-state index in [9.17, 15) is 0 Å². The predicted octanol–water partition coefficient (Wildman–Crippen LogP) is 5.06. The SMILES string of the molecule is CCCOCC(CC(C)CC)OC(CC)C(C)CC. The average molecular weight is 272 g/mol. The predicted molar refractivity (Wildman–Crippen MR) is 83.6 cm³/mol. The van der Waals surface area contributed by atoms with Crippen LogP contribution in [0.5, 0.6) is 0 Å². The normalized spacial score (nSPS) is 18.0. The zero-order valence-electron chi connectivity index (χ0n) is 14.1. The average Bonchev–Trinajstić information content (AvgIpc) is 2.43. The Morgan fingerprint density at radius 1 is 0.895 bits per heavy atom. The highest BCUT2D eigenvalue weighted by Crippen LogP contribution is 2.21. The minimum Gasteiger partial charge on any atom is -0.379 e. The van der Waals surface area contributed by atoms with Crippen molar-refractivity contribution in [3.8, 4) is 0 Å². The molecule has 0 aromatic heterocycles. The molecule has 0 rings (SSSR count). The van der Waals surface area contributed by atoms with Crippen LogP contribution in [0.25, 0.3) is 0 Å². The van der Waals surface area contributed by atoms with Gasteiger partial charge < -0.3 is 9.47 Å². The summed E-state index contributed by atoms with van der Waals surface area (Å²) in [4.78, 5) is 0. The Labute approximate surface area is 121 Å². The second-order valence-electron chi connectivity index (χ2n) is 5.91. The van der Waals surface area contributed by atoms with Crippen LogP contribution in [0.2, 0.25) is 0 Å². The van der Waals surface area contributed by atoms with Crippen molar-refractivity contribution in [2.75, 3.05) is 13.2 Å². The lowest BCUT2D eigenvalue weighted by atomic mass is 9.98. The molecule has 0 heterocycles. The first-order chi connectivity index (χ1) is 9.08. The molecule has 0 aliphatic rings. The first-order valence-electron chi connectivity index (χ1n) is 8.31. The van der Waals surface area contributed by atoms with E-state index in [4.69, 9.17) is 9.47 Å². The molecule has 4 atom stereocenters. The van der Waals surface area contributed by atoms with Crippen LogP contribution < -0.4 is 0 Å². The molecule has 0 spiro atoms. The fourth-order valence-electron chi connectivity index (χ4n) is 2.28. The van der Waals surface area contributed by atoms with E-state index in [1.54, 1.807) is 0 Å². The maximum absolute atomic E-state index is 6.35. The highest BCUT2D eigenvalue weighted by molar-refractivity contribution is 4.69. The summed E-state index contributed by atoms with van der Waals surface area (Å²) in [6.45, 7) is 15.1. The van der Waals surface area contributed by atoms with Crippen molar-refractivity contribution in [1.29, 1.82) is 0 Å². The summed E-state index contributed by atoms with van der Waals surface area (Å²) in [7, 11) is 0. The Morgan fingerprint density at radius 2 is 1.58 bits per heavy atom. The van der Waals surface area contributed by atoms with Gasteiger partial charge in [0.15, 0.2) is 0 Å². The maximum atomic E-state index is 6.35. The fourth-order valence-corrected chi connectivity index (χ4v) is 2.28. The van der Waals surface area contributed by atoms with Gasteiger partial charge in [0.2, 0.25) is 0 Å². The largest absolute Gasteiger partial charge is 0.379 e. The van der Waals surface area contributed by atoms with Crippen LogP contribution in [-0.2, 0) is 9.47 Å². The lowest BCUT2D eigenvalue weighted by molar-refractivity contribution is -0.0850. The third kappa shape index (κ3) is 8.65. The van der Waals surface area contributed by atoms with Gasteiger partial charge >= 0.3 is 0 Å². The molecule has 0 radical (unpaired) electrons. The van der Waals surface area contributed by atoms with Gasteiger partial charge in [-0.05, 0) is 31.1 Å². The monoisotopic (exact) mass is 272 g/mol. The Morgan fingerprint density at radius 3 is 2.05 bits per heavy atom. The van der Waals surface area contributed by atoms with Crippen molar-refractivity contribution in [2.24, 2.45) is 11.8 Å². The van der Waals surface area contributed by atoms with E-state index < -0.39 is 0 Å². The van der Waals surface area contributed by atoms with E-state index in [0.717, 1.165) is 32.5 Å². The minimum absolute atomic E-state index is 0.264. The van der Waals surface area contributed by atoms with Crippen molar-refractivity contribution in [3.63, 3.8) is 0 Å². The van der Waals surface area contributed by atoms with Crippen LogP contribution in [0.15, 0.2) is 0 Å². The van der Waals surface area contributed by atoms with Gasteiger partial charge in [0.25, 0.3) is 0 Å². The molecule has 0 saturated heterocycles. The molecule has 0 aromatic rings. The lowest BCUT2D eigenvalue weighted by Gasteiger charge is -2.29. The van der Waals surface area contributed by atoms with Crippen LogP contribution in [0, 0.1) is 11.8 Å². The number of hydrogen-bond donors (Lipinski definition) is 0. The smallest absolute Gasteiger partial charge is 0.0814 e. The molecule has 0 aliphatic carbocycles. The van der Waals surface area contributed by atoms with Crippen LogP contribution >= 0.6 is 0 Å². The quantitative estimate of drug-likeness (QED) is 0.462. The van der Waals surface area contributed by atoms with Crippen LogP contribution in [-0.4, -0.2) is 25.4 Å². The Bertz CT molecular complexity index is 194. The zero-order chi connectivity index (χ0) is 14.7. The number of rotatable bonds is 12. The summed E-state index contributed by atoms with van der Waals surface area (Å²) >= 11 is 0. The summed E-state index contributed by atoms with van der Waals surface area (Å²) in [5, 5.41) is 0. The molecule has 19 heavy (non-hydrogen) atoms. The Kier molecular flexibility index (Phi) is 11.7. The first kappa shape index (κ1) is 18.9.